The first-order chi connectivity index (χ1) is 12.7. The van der Waals surface area contributed by atoms with Crippen LogP contribution in [0.5, 0.6) is 0 Å². The first-order valence-electron chi connectivity index (χ1n) is 8.37. The number of pyridine rings is 2. The van der Waals surface area contributed by atoms with Crippen LogP contribution in [0.15, 0.2) is 61.2 Å². The molecular weight excluding hydrogens is 328 g/mol. The van der Waals surface area contributed by atoms with Gasteiger partial charge in [-0.1, -0.05) is 6.07 Å². The van der Waals surface area contributed by atoms with E-state index in [0.29, 0.717) is 11.5 Å². The molecular formula is C19H18N6O. The third-order valence-corrected chi connectivity index (χ3v) is 4.19. The molecule has 7 heteroatoms. The van der Waals surface area contributed by atoms with Gasteiger partial charge in [0.2, 0.25) is 0 Å². The van der Waals surface area contributed by atoms with E-state index in [2.05, 4.69) is 20.4 Å². The number of nitrogens with zero attached hydrogens (tertiary/aromatic N) is 5. The van der Waals surface area contributed by atoms with Gasteiger partial charge in [-0.05, 0) is 43.2 Å². The van der Waals surface area contributed by atoms with Crippen molar-refractivity contribution in [2.24, 2.45) is 0 Å². The van der Waals surface area contributed by atoms with Crippen LogP contribution in [-0.4, -0.2) is 30.1 Å². The van der Waals surface area contributed by atoms with Crippen molar-refractivity contribution in [2.45, 2.75) is 19.9 Å². The van der Waals surface area contributed by atoms with E-state index in [1.54, 1.807) is 24.7 Å². The number of carbonyl (C=O) groups excluding carboxylic acids is 1. The molecule has 0 fully saturated rings. The smallest absolute Gasteiger partial charge is 0.277 e. The van der Waals surface area contributed by atoms with Crippen LogP contribution in [0.25, 0.3) is 5.65 Å². The summed E-state index contributed by atoms with van der Waals surface area (Å²) >= 11 is 0. The summed E-state index contributed by atoms with van der Waals surface area (Å²) in [6.45, 7) is 2.70. The average molecular weight is 346 g/mol. The fourth-order valence-electron chi connectivity index (χ4n) is 2.78. The van der Waals surface area contributed by atoms with Gasteiger partial charge in [0.25, 0.3) is 5.91 Å². The molecule has 0 unspecified atom stereocenters. The molecule has 1 amide bonds. The zero-order valence-corrected chi connectivity index (χ0v) is 14.3. The molecule has 0 radical (unpaired) electrons. The van der Waals surface area contributed by atoms with Crippen LogP contribution in [0.1, 0.15) is 21.7 Å². The number of hydrogen-bond donors (Lipinski definition) is 1. The van der Waals surface area contributed by atoms with Crippen molar-refractivity contribution < 1.29 is 4.79 Å². The van der Waals surface area contributed by atoms with Gasteiger partial charge >= 0.3 is 0 Å². The van der Waals surface area contributed by atoms with Gasteiger partial charge in [-0.25, -0.2) is 4.98 Å². The molecule has 0 atom stereocenters. The number of anilines is 1. The maximum atomic E-state index is 12.4. The number of rotatable bonds is 5. The number of aromatic nitrogens is 5. The lowest BCUT2D eigenvalue weighted by atomic mass is 10.2. The van der Waals surface area contributed by atoms with E-state index in [1.165, 1.54) is 5.56 Å². The SMILES string of the molecule is Cc1cccc2nc(C(=O)Nc3ccn(CCc4ccncc4)n3)cn12. The summed E-state index contributed by atoms with van der Waals surface area (Å²) in [5.41, 5.74) is 3.33. The van der Waals surface area contributed by atoms with Crippen molar-refractivity contribution in [2.75, 3.05) is 5.32 Å². The molecule has 0 aliphatic heterocycles. The van der Waals surface area contributed by atoms with Gasteiger partial charge in [0.15, 0.2) is 5.82 Å². The Balaban J connectivity index is 1.43. The van der Waals surface area contributed by atoms with Crippen LogP contribution in [0.2, 0.25) is 0 Å². The zero-order chi connectivity index (χ0) is 17.9. The number of aryl methyl sites for hydroxylation is 3. The summed E-state index contributed by atoms with van der Waals surface area (Å²) in [6.07, 6.45) is 8.00. The van der Waals surface area contributed by atoms with Crippen LogP contribution < -0.4 is 5.32 Å². The van der Waals surface area contributed by atoms with E-state index in [-0.39, 0.29) is 5.91 Å². The Bertz CT molecular complexity index is 1050. The second-order valence-corrected chi connectivity index (χ2v) is 6.05. The largest absolute Gasteiger partial charge is 0.304 e. The second kappa shape index (κ2) is 6.79. The molecule has 0 saturated heterocycles. The van der Waals surface area contributed by atoms with Crippen molar-refractivity contribution in [3.8, 4) is 0 Å². The van der Waals surface area contributed by atoms with Gasteiger partial charge in [-0.15, -0.1) is 0 Å². The van der Waals surface area contributed by atoms with Crippen LogP contribution in [0.4, 0.5) is 5.82 Å². The Kier molecular flexibility index (Phi) is 4.18. The van der Waals surface area contributed by atoms with Crippen LogP contribution in [-0.2, 0) is 13.0 Å². The molecule has 0 spiro atoms. The molecule has 26 heavy (non-hydrogen) atoms. The summed E-state index contributed by atoms with van der Waals surface area (Å²) in [7, 11) is 0. The molecule has 1 N–H and O–H groups in total. The van der Waals surface area contributed by atoms with E-state index in [9.17, 15) is 4.79 Å². The number of nitrogens with one attached hydrogen (secondary N) is 1. The normalized spacial score (nSPS) is 11.0. The first kappa shape index (κ1) is 16.0. The predicted octanol–water partition coefficient (Wildman–Crippen LogP) is 2.73. The summed E-state index contributed by atoms with van der Waals surface area (Å²) in [5.74, 6) is 0.242. The lowest BCUT2D eigenvalue weighted by molar-refractivity contribution is 0.102. The first-order valence-corrected chi connectivity index (χ1v) is 8.37. The highest BCUT2D eigenvalue weighted by Crippen LogP contribution is 2.11. The monoisotopic (exact) mass is 346 g/mol. The highest BCUT2D eigenvalue weighted by atomic mass is 16.2. The van der Waals surface area contributed by atoms with Gasteiger partial charge in [-0.3, -0.25) is 14.5 Å². The van der Waals surface area contributed by atoms with E-state index >= 15 is 0 Å². The minimum atomic E-state index is -0.271. The molecule has 0 aliphatic rings. The molecule has 0 aliphatic carbocycles. The van der Waals surface area contributed by atoms with Crippen LogP contribution in [0, 0.1) is 6.92 Å². The van der Waals surface area contributed by atoms with Gasteiger partial charge in [0, 0.05) is 43.1 Å². The van der Waals surface area contributed by atoms with Gasteiger partial charge < -0.3 is 9.72 Å². The van der Waals surface area contributed by atoms with E-state index in [4.69, 9.17) is 0 Å². The fourth-order valence-corrected chi connectivity index (χ4v) is 2.78. The van der Waals surface area contributed by atoms with Gasteiger partial charge in [-0.2, -0.15) is 5.10 Å². The third kappa shape index (κ3) is 3.32. The Morgan fingerprint density at radius 3 is 2.81 bits per heavy atom. The summed E-state index contributed by atoms with van der Waals surface area (Å²) in [6, 6.07) is 11.5. The fraction of sp³-hybridized carbons (Fsp3) is 0.158. The van der Waals surface area contributed by atoms with Crippen LogP contribution in [0.3, 0.4) is 0 Å². The lowest BCUT2D eigenvalue weighted by Crippen LogP contribution is -2.13. The Hall–Kier alpha value is -3.48. The minimum Gasteiger partial charge on any atom is -0.304 e. The number of carbonyl (C=O) groups is 1. The maximum absolute atomic E-state index is 12.4. The molecule has 0 bridgehead atoms. The summed E-state index contributed by atoms with van der Waals surface area (Å²) < 4.78 is 3.70. The molecule has 4 aromatic heterocycles. The number of imidazole rings is 1. The standard InChI is InChI=1S/C19H18N6O/c1-14-3-2-4-18-21-16(13-25(14)18)19(26)22-17-8-12-24(23-17)11-7-15-5-9-20-10-6-15/h2-6,8-10,12-13H,7,11H2,1H3,(H,22,23,26). The van der Waals surface area contributed by atoms with Crippen molar-refractivity contribution >= 4 is 17.4 Å². The van der Waals surface area contributed by atoms with Crippen molar-refractivity contribution in [1.82, 2.24) is 24.1 Å². The number of amides is 1. The number of fused-ring (bicyclic) bond motifs is 1. The molecule has 0 aromatic carbocycles. The quantitative estimate of drug-likeness (QED) is 0.603. The molecule has 4 aromatic rings. The van der Waals surface area contributed by atoms with Crippen molar-refractivity contribution in [3.05, 3.63) is 78.1 Å². The minimum absolute atomic E-state index is 0.271. The highest BCUT2D eigenvalue weighted by Gasteiger charge is 2.13. The Morgan fingerprint density at radius 1 is 1.15 bits per heavy atom. The Morgan fingerprint density at radius 2 is 2.00 bits per heavy atom. The van der Waals surface area contributed by atoms with Crippen molar-refractivity contribution in [3.63, 3.8) is 0 Å². The summed E-state index contributed by atoms with van der Waals surface area (Å²) in [5, 5.41) is 7.20. The highest BCUT2D eigenvalue weighted by molar-refractivity contribution is 6.02. The average Bonchev–Trinajstić information content (AvgIpc) is 3.28. The summed E-state index contributed by atoms with van der Waals surface area (Å²) in [4.78, 5) is 20.8. The third-order valence-electron chi connectivity index (χ3n) is 4.19. The second-order valence-electron chi connectivity index (χ2n) is 6.05. The molecule has 4 heterocycles. The van der Waals surface area contributed by atoms with Gasteiger partial charge in [0.05, 0.1) is 0 Å². The maximum Gasteiger partial charge on any atom is 0.277 e. The van der Waals surface area contributed by atoms with E-state index in [0.717, 1.165) is 24.3 Å². The van der Waals surface area contributed by atoms with E-state index in [1.807, 2.05) is 52.5 Å². The predicted molar refractivity (Wildman–Crippen MR) is 98.1 cm³/mol. The lowest BCUT2D eigenvalue weighted by Gasteiger charge is -2.02. The molecule has 130 valence electrons. The molecule has 4 rings (SSSR count). The zero-order valence-electron chi connectivity index (χ0n) is 14.3. The van der Waals surface area contributed by atoms with E-state index < -0.39 is 0 Å². The molecule has 7 nitrogen and oxygen atoms in total. The Labute approximate surface area is 150 Å². The molecule has 0 saturated carbocycles. The topological polar surface area (TPSA) is 77.1 Å². The van der Waals surface area contributed by atoms with Crippen molar-refractivity contribution in [1.29, 1.82) is 0 Å². The number of hydrogen-bond acceptors (Lipinski definition) is 4. The van der Waals surface area contributed by atoms with Gasteiger partial charge in [0.1, 0.15) is 11.3 Å². The van der Waals surface area contributed by atoms with Crippen LogP contribution >= 0.6 is 0 Å².